The van der Waals surface area contributed by atoms with Crippen LogP contribution < -0.4 is 10.6 Å². The lowest BCUT2D eigenvalue weighted by Crippen LogP contribution is -2.45. The zero-order chi connectivity index (χ0) is 11.9. The fraction of sp³-hybridized carbons (Fsp3) is 0.385. The molecule has 0 aliphatic carbocycles. The summed E-state index contributed by atoms with van der Waals surface area (Å²) in [7, 11) is 0. The number of nitrogens with one attached hydrogen (secondary N) is 2. The van der Waals surface area contributed by atoms with Gasteiger partial charge < -0.3 is 10.6 Å². The number of carbonyl (C=O) groups excluding carboxylic acids is 1. The van der Waals surface area contributed by atoms with Gasteiger partial charge in [0.25, 0.3) is 0 Å². The Morgan fingerprint density at radius 2 is 2.24 bits per heavy atom. The first kappa shape index (κ1) is 11.2. The van der Waals surface area contributed by atoms with Crippen molar-refractivity contribution in [3.8, 4) is 0 Å². The lowest BCUT2D eigenvalue weighted by Gasteiger charge is -2.41. The van der Waals surface area contributed by atoms with Crippen LogP contribution in [0.1, 0.15) is 18.4 Å². The van der Waals surface area contributed by atoms with Crippen molar-refractivity contribution in [1.29, 1.82) is 0 Å². The number of anilines is 1. The van der Waals surface area contributed by atoms with Crippen LogP contribution in [0.15, 0.2) is 22.7 Å². The maximum atomic E-state index is 11.8. The van der Waals surface area contributed by atoms with Crippen LogP contribution in [0.3, 0.4) is 0 Å². The molecular weight excluding hydrogens is 280 g/mol. The number of amides is 1. The molecule has 1 fully saturated rings. The van der Waals surface area contributed by atoms with Gasteiger partial charge >= 0.3 is 0 Å². The zero-order valence-corrected chi connectivity index (χ0v) is 11.0. The molecule has 4 heteroatoms. The fourth-order valence-corrected chi connectivity index (χ4v) is 3.16. The van der Waals surface area contributed by atoms with Crippen LogP contribution >= 0.6 is 15.9 Å². The van der Waals surface area contributed by atoms with Gasteiger partial charge in [-0.05, 0) is 49.7 Å². The van der Waals surface area contributed by atoms with Crippen LogP contribution in [0, 0.1) is 6.42 Å². The summed E-state index contributed by atoms with van der Waals surface area (Å²) in [5.41, 5.74) is 2.13. The fourth-order valence-electron chi connectivity index (χ4n) is 2.80. The minimum atomic E-state index is -0.0767. The summed E-state index contributed by atoms with van der Waals surface area (Å²) in [6, 6.07) is 6.09. The van der Waals surface area contributed by atoms with Crippen molar-refractivity contribution < 1.29 is 4.79 Å². The molecule has 0 saturated carbocycles. The highest BCUT2D eigenvalue weighted by atomic mass is 79.9. The summed E-state index contributed by atoms with van der Waals surface area (Å²) in [4.78, 5) is 11.8. The molecule has 1 atom stereocenters. The molecule has 2 aliphatic rings. The van der Waals surface area contributed by atoms with E-state index in [2.05, 4.69) is 39.1 Å². The largest absolute Gasteiger partial charge is 0.326 e. The van der Waals surface area contributed by atoms with Gasteiger partial charge in [0.15, 0.2) is 0 Å². The molecule has 17 heavy (non-hydrogen) atoms. The lowest BCUT2D eigenvalue weighted by atomic mass is 9.68. The second kappa shape index (κ2) is 4.10. The van der Waals surface area contributed by atoms with Crippen LogP contribution in [0.25, 0.3) is 0 Å². The molecule has 3 nitrogen and oxygen atoms in total. The number of hydrogen-bond donors (Lipinski definition) is 2. The third-order valence-electron chi connectivity index (χ3n) is 3.65. The molecule has 1 aromatic rings. The molecule has 3 rings (SSSR count). The Morgan fingerprint density at radius 3 is 3.00 bits per heavy atom. The Balaban J connectivity index is 2.11. The second-order valence-electron chi connectivity index (χ2n) is 4.73. The monoisotopic (exact) mass is 293 g/mol. The van der Waals surface area contributed by atoms with Crippen molar-refractivity contribution >= 4 is 27.5 Å². The van der Waals surface area contributed by atoms with E-state index < -0.39 is 0 Å². The zero-order valence-electron chi connectivity index (χ0n) is 9.42. The minimum absolute atomic E-state index is 0.0767. The Morgan fingerprint density at radius 1 is 1.35 bits per heavy atom. The second-order valence-corrected chi connectivity index (χ2v) is 5.64. The van der Waals surface area contributed by atoms with E-state index in [0.717, 1.165) is 29.7 Å². The normalized spacial score (nSPS) is 22.1. The molecule has 0 aromatic heterocycles. The third kappa shape index (κ3) is 1.89. The Hall–Kier alpha value is -0.870. The van der Waals surface area contributed by atoms with Crippen LogP contribution in [-0.4, -0.2) is 19.0 Å². The van der Waals surface area contributed by atoms with Gasteiger partial charge in [-0.2, -0.15) is 0 Å². The first-order valence-electron chi connectivity index (χ1n) is 5.85. The number of benzene rings is 1. The highest BCUT2D eigenvalue weighted by Gasteiger charge is 2.41. The number of carbonyl (C=O) groups is 1. The van der Waals surface area contributed by atoms with Crippen molar-refractivity contribution in [1.82, 2.24) is 5.32 Å². The summed E-state index contributed by atoms with van der Waals surface area (Å²) >= 11 is 3.51. The van der Waals surface area contributed by atoms with Gasteiger partial charge in [-0.25, -0.2) is 0 Å². The average Bonchev–Trinajstić information content (AvgIpc) is 2.31. The molecule has 1 spiro atoms. The molecule has 2 heterocycles. The van der Waals surface area contributed by atoms with Crippen LogP contribution in [0.2, 0.25) is 0 Å². The van der Waals surface area contributed by atoms with Crippen LogP contribution in [-0.2, 0) is 10.2 Å². The van der Waals surface area contributed by atoms with E-state index in [1.165, 1.54) is 5.56 Å². The first-order chi connectivity index (χ1) is 8.20. The molecule has 1 saturated heterocycles. The van der Waals surface area contributed by atoms with Crippen molar-refractivity contribution in [3.63, 3.8) is 0 Å². The molecule has 89 valence electrons. The number of fused-ring (bicyclic) bond motifs is 2. The van der Waals surface area contributed by atoms with Crippen molar-refractivity contribution in [3.05, 3.63) is 34.7 Å². The number of piperidine rings is 1. The molecule has 0 bridgehead atoms. The molecule has 1 unspecified atom stereocenters. The highest BCUT2D eigenvalue weighted by Crippen LogP contribution is 2.44. The maximum Gasteiger partial charge on any atom is 0.225 e. The van der Waals surface area contributed by atoms with E-state index in [1.807, 2.05) is 12.1 Å². The van der Waals surface area contributed by atoms with Crippen LogP contribution in [0.4, 0.5) is 5.69 Å². The Kier molecular flexibility index (Phi) is 2.71. The molecular formula is C13H14BrN2O. The molecule has 1 aromatic carbocycles. The summed E-state index contributed by atoms with van der Waals surface area (Å²) in [5.74, 6) is 0.123. The SMILES string of the molecule is O=C1CC2([CH]CNCC2)c2cc(Br)ccc2N1. The topological polar surface area (TPSA) is 41.1 Å². The minimum Gasteiger partial charge on any atom is -0.326 e. The predicted molar refractivity (Wildman–Crippen MR) is 70.9 cm³/mol. The summed E-state index contributed by atoms with van der Waals surface area (Å²) in [5, 5.41) is 6.28. The van der Waals surface area contributed by atoms with Gasteiger partial charge in [0.05, 0.1) is 0 Å². The van der Waals surface area contributed by atoms with E-state index in [1.54, 1.807) is 0 Å². The number of rotatable bonds is 0. The lowest BCUT2D eigenvalue weighted by molar-refractivity contribution is -0.117. The average molecular weight is 294 g/mol. The smallest absolute Gasteiger partial charge is 0.225 e. The summed E-state index contributed by atoms with van der Waals surface area (Å²) in [6.07, 6.45) is 3.81. The predicted octanol–water partition coefficient (Wildman–Crippen LogP) is 2.23. The van der Waals surface area contributed by atoms with Gasteiger partial charge in [-0.1, -0.05) is 15.9 Å². The maximum absolute atomic E-state index is 11.8. The van der Waals surface area contributed by atoms with E-state index >= 15 is 0 Å². The standard InChI is InChI=1S/C13H14BrN2O/c14-9-1-2-11-10(7-9)13(8-12(17)16-11)3-5-15-6-4-13/h1-3,7,15H,4-6,8H2,(H,16,17). The Labute approximate surface area is 109 Å². The quantitative estimate of drug-likeness (QED) is 0.770. The van der Waals surface area contributed by atoms with Gasteiger partial charge in [0, 0.05) is 22.0 Å². The van der Waals surface area contributed by atoms with Crippen molar-refractivity contribution in [2.45, 2.75) is 18.3 Å². The van der Waals surface area contributed by atoms with Gasteiger partial charge in [0.2, 0.25) is 5.91 Å². The first-order valence-corrected chi connectivity index (χ1v) is 6.64. The number of halogens is 1. The van der Waals surface area contributed by atoms with E-state index in [4.69, 9.17) is 0 Å². The summed E-state index contributed by atoms with van der Waals surface area (Å²) in [6.45, 7) is 1.84. The third-order valence-corrected chi connectivity index (χ3v) is 4.15. The molecule has 2 aliphatic heterocycles. The summed E-state index contributed by atoms with van der Waals surface area (Å²) < 4.78 is 1.07. The van der Waals surface area contributed by atoms with Gasteiger partial charge in [-0.15, -0.1) is 0 Å². The molecule has 1 amide bonds. The highest BCUT2D eigenvalue weighted by molar-refractivity contribution is 9.10. The molecule has 1 radical (unpaired) electrons. The van der Waals surface area contributed by atoms with E-state index in [0.29, 0.717) is 6.42 Å². The van der Waals surface area contributed by atoms with E-state index in [9.17, 15) is 4.79 Å². The number of hydrogen-bond acceptors (Lipinski definition) is 2. The van der Waals surface area contributed by atoms with Gasteiger partial charge in [0.1, 0.15) is 0 Å². The van der Waals surface area contributed by atoms with Crippen molar-refractivity contribution in [2.75, 3.05) is 18.4 Å². The Bertz CT molecular complexity index is 466. The van der Waals surface area contributed by atoms with E-state index in [-0.39, 0.29) is 11.3 Å². The van der Waals surface area contributed by atoms with Crippen molar-refractivity contribution in [2.24, 2.45) is 0 Å². The van der Waals surface area contributed by atoms with Crippen LogP contribution in [0.5, 0.6) is 0 Å². The van der Waals surface area contributed by atoms with Gasteiger partial charge in [-0.3, -0.25) is 4.79 Å². The molecule has 2 N–H and O–H groups in total.